The largest absolute Gasteiger partial charge is 0.469 e. The first kappa shape index (κ1) is 16.1. The van der Waals surface area contributed by atoms with Crippen molar-refractivity contribution in [3.8, 4) is 0 Å². The van der Waals surface area contributed by atoms with Crippen molar-refractivity contribution in [1.29, 1.82) is 0 Å². The van der Waals surface area contributed by atoms with Gasteiger partial charge in [-0.2, -0.15) is 0 Å². The topological polar surface area (TPSA) is 61.8 Å². The average molecular weight is 441 g/mol. The normalized spacial score (nSPS) is 50.6. The molecule has 116 valence electrons. The number of hydrogen-bond acceptors (Lipinski definition) is 5. The zero-order valence-corrected chi connectivity index (χ0v) is 15.1. The van der Waals surface area contributed by atoms with Crippen LogP contribution in [0.25, 0.3) is 0 Å². The van der Waals surface area contributed by atoms with Crippen LogP contribution in [0, 0.1) is 5.92 Å². The maximum Gasteiger partial charge on any atom is 0.329 e. The Kier molecular flexibility index (Phi) is 3.24. The van der Waals surface area contributed by atoms with E-state index >= 15 is 0 Å². The summed E-state index contributed by atoms with van der Waals surface area (Å²) in [6.07, 6.45) is 0. The van der Waals surface area contributed by atoms with E-state index in [4.69, 9.17) is 60.6 Å². The van der Waals surface area contributed by atoms with Gasteiger partial charge in [0.15, 0.2) is 14.1 Å². The van der Waals surface area contributed by atoms with Crippen LogP contribution in [0.5, 0.6) is 0 Å². The van der Waals surface area contributed by atoms with E-state index in [9.17, 15) is 9.59 Å². The number of hydrogen-bond donors (Lipinski definition) is 0. The van der Waals surface area contributed by atoms with Crippen LogP contribution < -0.4 is 0 Å². The molecule has 0 aromatic carbocycles. The lowest BCUT2D eigenvalue weighted by atomic mass is 9.81. The Balaban J connectivity index is 2.42. The highest BCUT2D eigenvalue weighted by Crippen LogP contribution is 2.80. The first-order valence-corrected chi connectivity index (χ1v) is 7.91. The second kappa shape index (κ2) is 4.22. The molecule has 1 aliphatic heterocycles. The van der Waals surface area contributed by atoms with E-state index in [0.717, 1.165) is 7.11 Å². The van der Waals surface area contributed by atoms with Gasteiger partial charge in [0.05, 0.1) is 17.2 Å². The summed E-state index contributed by atoms with van der Waals surface area (Å²) >= 11 is 28.8. The zero-order valence-electron chi connectivity index (χ0n) is 10.5. The van der Waals surface area contributed by atoms with Gasteiger partial charge < -0.3 is 14.2 Å². The molecular formula is C11H7BrCl4O5. The van der Waals surface area contributed by atoms with Gasteiger partial charge >= 0.3 is 11.9 Å². The standard InChI is InChI=1S/C11H7BrCl4O5/c1-19-6(17)3-8(12)7(18)21-11(20-2)9(3,15)4(13)5(14)10(8,11)16/h3H,1-2H3/t3-,8+,9+,10+,11-/m1/s1. The molecule has 1 saturated heterocycles. The third-order valence-electron chi connectivity index (χ3n) is 4.30. The summed E-state index contributed by atoms with van der Waals surface area (Å²) in [7, 11) is 2.39. The van der Waals surface area contributed by atoms with Crippen LogP contribution in [-0.4, -0.2) is 46.0 Å². The van der Waals surface area contributed by atoms with Gasteiger partial charge in [0.1, 0.15) is 5.92 Å². The second-order valence-electron chi connectivity index (χ2n) is 4.88. The Bertz CT molecular complexity index is 626. The molecule has 1 heterocycles. The molecule has 0 unspecified atom stereocenters. The fourth-order valence-corrected chi connectivity index (χ4v) is 6.83. The summed E-state index contributed by atoms with van der Waals surface area (Å²) in [6, 6.07) is 0. The Labute approximate surface area is 147 Å². The van der Waals surface area contributed by atoms with Gasteiger partial charge in [-0.3, -0.25) is 9.59 Å². The van der Waals surface area contributed by atoms with Gasteiger partial charge in [0.25, 0.3) is 5.79 Å². The molecule has 1 saturated carbocycles. The first-order valence-electron chi connectivity index (χ1n) is 5.60. The van der Waals surface area contributed by atoms with E-state index in [0.29, 0.717) is 0 Å². The Hall–Kier alpha value is 0.280. The minimum absolute atomic E-state index is 0.106. The summed E-state index contributed by atoms with van der Waals surface area (Å²) in [6.45, 7) is 0. The molecule has 3 rings (SSSR count). The number of methoxy groups -OCH3 is 2. The number of esters is 2. The van der Waals surface area contributed by atoms with Crippen molar-refractivity contribution in [2.24, 2.45) is 5.92 Å². The lowest BCUT2D eigenvalue weighted by Gasteiger charge is -2.42. The van der Waals surface area contributed by atoms with Gasteiger partial charge in [0, 0.05) is 7.11 Å². The molecule has 21 heavy (non-hydrogen) atoms. The third kappa shape index (κ3) is 1.20. The highest BCUT2D eigenvalue weighted by atomic mass is 79.9. The summed E-state index contributed by atoms with van der Waals surface area (Å²) < 4.78 is 13.6. The number of halogens is 5. The highest BCUT2D eigenvalue weighted by Gasteiger charge is 2.98. The minimum Gasteiger partial charge on any atom is -0.469 e. The molecule has 0 amide bonds. The van der Waals surface area contributed by atoms with Crippen molar-refractivity contribution in [1.82, 2.24) is 0 Å². The molecule has 0 aromatic heterocycles. The van der Waals surface area contributed by atoms with Crippen LogP contribution in [0.15, 0.2) is 10.1 Å². The molecule has 5 nitrogen and oxygen atoms in total. The Morgan fingerprint density at radius 2 is 1.86 bits per heavy atom. The van der Waals surface area contributed by atoms with Crippen LogP contribution in [0.2, 0.25) is 0 Å². The highest BCUT2D eigenvalue weighted by molar-refractivity contribution is 9.10. The van der Waals surface area contributed by atoms with E-state index < -0.39 is 37.7 Å². The SMILES string of the molecule is COC(=O)[C@H]1[C@]2(Cl)C(Cl)=C(Cl)[C@@]3(Cl)[C@]2(OC)OC(=O)[C@@]13Br. The smallest absolute Gasteiger partial charge is 0.329 e. The van der Waals surface area contributed by atoms with Crippen molar-refractivity contribution >= 4 is 74.3 Å². The fraction of sp³-hybridized carbons (Fsp3) is 0.636. The van der Waals surface area contributed by atoms with Gasteiger partial charge in [0.2, 0.25) is 0 Å². The van der Waals surface area contributed by atoms with Gasteiger partial charge in [-0.15, -0.1) is 23.2 Å². The van der Waals surface area contributed by atoms with E-state index in [1.54, 1.807) is 0 Å². The molecule has 0 N–H and O–H groups in total. The maximum atomic E-state index is 12.3. The number of ether oxygens (including phenoxy) is 3. The minimum atomic E-state index is -1.92. The van der Waals surface area contributed by atoms with Crippen molar-refractivity contribution in [2.45, 2.75) is 19.9 Å². The van der Waals surface area contributed by atoms with E-state index in [-0.39, 0.29) is 10.1 Å². The molecule has 5 atom stereocenters. The molecule has 4 bridgehead atoms. The predicted molar refractivity (Wildman–Crippen MR) is 78.9 cm³/mol. The predicted octanol–water partition coefficient (Wildman–Crippen LogP) is 2.48. The summed E-state index contributed by atoms with van der Waals surface area (Å²) in [5.74, 6) is -4.81. The van der Waals surface area contributed by atoms with Crippen LogP contribution >= 0.6 is 62.3 Å². The van der Waals surface area contributed by atoms with Crippen LogP contribution in [0.1, 0.15) is 0 Å². The molecule has 0 radical (unpaired) electrons. The van der Waals surface area contributed by atoms with E-state index in [1.165, 1.54) is 7.11 Å². The van der Waals surface area contributed by atoms with Crippen molar-refractivity contribution in [2.75, 3.05) is 14.2 Å². The Morgan fingerprint density at radius 3 is 2.29 bits per heavy atom. The zero-order chi connectivity index (χ0) is 16.0. The summed E-state index contributed by atoms with van der Waals surface area (Å²) in [5.41, 5.74) is 0. The fourth-order valence-electron chi connectivity index (χ4n) is 3.42. The van der Waals surface area contributed by atoms with Crippen molar-refractivity contribution < 1.29 is 23.8 Å². The van der Waals surface area contributed by atoms with Gasteiger partial charge in [-0.05, 0) is 0 Å². The third-order valence-corrected chi connectivity index (χ3v) is 8.55. The molecular weight excluding hydrogens is 434 g/mol. The number of carbonyl (C=O) groups is 2. The number of carbonyl (C=O) groups excluding carboxylic acids is 2. The summed E-state index contributed by atoms with van der Waals surface area (Å²) in [5, 5.41) is -0.216. The van der Waals surface area contributed by atoms with Crippen molar-refractivity contribution in [3.05, 3.63) is 10.1 Å². The Morgan fingerprint density at radius 1 is 1.29 bits per heavy atom. The van der Waals surface area contributed by atoms with Crippen molar-refractivity contribution in [3.63, 3.8) is 0 Å². The van der Waals surface area contributed by atoms with Crippen LogP contribution in [0.4, 0.5) is 0 Å². The monoisotopic (exact) mass is 438 g/mol. The van der Waals surface area contributed by atoms with Crippen LogP contribution in [0.3, 0.4) is 0 Å². The van der Waals surface area contributed by atoms with Crippen LogP contribution in [-0.2, 0) is 23.8 Å². The molecule has 10 heteroatoms. The molecule has 3 aliphatic rings. The lowest BCUT2D eigenvalue weighted by Crippen LogP contribution is -2.60. The number of alkyl halides is 3. The molecule has 2 aliphatic carbocycles. The first-order chi connectivity index (χ1) is 9.61. The average Bonchev–Trinajstić information content (AvgIpc) is 2.77. The van der Waals surface area contributed by atoms with E-state index in [1.807, 2.05) is 0 Å². The second-order valence-corrected chi connectivity index (χ2v) is 8.05. The lowest BCUT2D eigenvalue weighted by molar-refractivity contribution is -0.221. The molecule has 0 aromatic rings. The quantitative estimate of drug-likeness (QED) is 0.487. The molecule has 0 spiro atoms. The maximum absolute atomic E-state index is 12.3. The molecule has 2 fully saturated rings. The van der Waals surface area contributed by atoms with E-state index in [2.05, 4.69) is 15.9 Å². The number of rotatable bonds is 2. The summed E-state index contributed by atoms with van der Waals surface area (Å²) in [4.78, 5) is 21.0. The van der Waals surface area contributed by atoms with Gasteiger partial charge in [-0.1, -0.05) is 39.1 Å². The van der Waals surface area contributed by atoms with Gasteiger partial charge in [-0.25, -0.2) is 0 Å².